The number of nitrogens with zero attached hydrogens (tertiary/aromatic N) is 5. The second kappa shape index (κ2) is 21.2. The number of fused-ring (bicyclic) bond motifs is 1. The second-order valence-electron chi connectivity index (χ2n) is 21.6. The maximum Gasteiger partial charge on any atom is 0.252 e. The maximum atomic E-state index is 13.6. The summed E-state index contributed by atoms with van der Waals surface area (Å²) in [7, 11) is 1.69. The number of piperazine rings is 1. The zero-order valence-corrected chi connectivity index (χ0v) is 39.7. The Hall–Kier alpha value is -4.19. The molecule has 6 aliphatic carbocycles. The first-order valence-electron chi connectivity index (χ1n) is 26.1. The summed E-state index contributed by atoms with van der Waals surface area (Å²) < 4.78 is 7.72. The molecule has 1 saturated heterocycles. The highest BCUT2D eigenvalue weighted by molar-refractivity contribution is 5.81. The zero-order chi connectivity index (χ0) is 44.8. The van der Waals surface area contributed by atoms with Gasteiger partial charge in [0, 0.05) is 86.5 Å². The van der Waals surface area contributed by atoms with E-state index < -0.39 is 0 Å². The van der Waals surface area contributed by atoms with Gasteiger partial charge >= 0.3 is 0 Å². The Morgan fingerprint density at radius 1 is 0.815 bits per heavy atom. The largest absolute Gasteiger partial charge is 0.494 e. The van der Waals surface area contributed by atoms with Gasteiger partial charge < -0.3 is 25.6 Å². The Labute approximate surface area is 387 Å². The molecule has 7 aliphatic rings. The van der Waals surface area contributed by atoms with Gasteiger partial charge in [0.15, 0.2) is 0 Å². The highest BCUT2D eigenvalue weighted by atomic mass is 16.5. The normalized spacial score (nSPS) is 26.4. The van der Waals surface area contributed by atoms with E-state index in [0.717, 1.165) is 130 Å². The Morgan fingerprint density at radius 3 is 2.17 bits per heavy atom. The SMILES string of the molecule is COc1cc(N2CCN(CCCCCCCCCCCCNC(=O)CC34CC5CC(CC(C5)C3)C4)CC2)ccc1Nc1ncc2c(C)cc(=O)n([C@H]3CCC[C@@H](NC(=O)C4CC4)C3)c2n1. The molecule has 3 N–H and O–H groups in total. The lowest BCUT2D eigenvalue weighted by atomic mass is 9.49. The van der Waals surface area contributed by atoms with Crippen molar-refractivity contribution in [3.8, 4) is 5.75 Å². The molecule has 0 spiro atoms. The van der Waals surface area contributed by atoms with E-state index in [0.29, 0.717) is 22.9 Å². The van der Waals surface area contributed by atoms with E-state index >= 15 is 0 Å². The number of nitrogens with one attached hydrogen (secondary N) is 3. The number of methoxy groups -OCH3 is 1. The lowest BCUT2D eigenvalue weighted by Gasteiger charge is -2.56. The number of carbonyl (C=O) groups excluding carboxylic acids is 2. The van der Waals surface area contributed by atoms with Crippen molar-refractivity contribution in [3.05, 3.63) is 46.4 Å². The van der Waals surface area contributed by atoms with Crippen LogP contribution < -0.4 is 31.1 Å². The summed E-state index contributed by atoms with van der Waals surface area (Å²) in [6.07, 6.45) is 29.3. The van der Waals surface area contributed by atoms with Gasteiger partial charge in [-0.1, -0.05) is 51.4 Å². The molecule has 0 radical (unpaired) electrons. The molecule has 12 heteroatoms. The summed E-state index contributed by atoms with van der Waals surface area (Å²) in [4.78, 5) is 53.6. The summed E-state index contributed by atoms with van der Waals surface area (Å²) in [5, 5.41) is 10.8. The van der Waals surface area contributed by atoms with Crippen molar-refractivity contribution in [1.29, 1.82) is 0 Å². The quantitative estimate of drug-likeness (QED) is 0.0844. The first-order chi connectivity index (χ1) is 31.7. The van der Waals surface area contributed by atoms with Gasteiger partial charge in [-0.15, -0.1) is 0 Å². The van der Waals surface area contributed by atoms with Gasteiger partial charge in [0.1, 0.15) is 11.4 Å². The lowest BCUT2D eigenvalue weighted by Crippen LogP contribution is -2.48. The van der Waals surface area contributed by atoms with Crippen molar-refractivity contribution < 1.29 is 14.3 Å². The smallest absolute Gasteiger partial charge is 0.252 e. The predicted molar refractivity (Wildman–Crippen MR) is 260 cm³/mol. The number of aromatic nitrogens is 3. The van der Waals surface area contributed by atoms with Gasteiger partial charge in [-0.3, -0.25) is 23.9 Å². The Bertz CT molecular complexity index is 2130. The van der Waals surface area contributed by atoms with E-state index in [9.17, 15) is 14.4 Å². The Balaban J connectivity index is 0.649. The van der Waals surface area contributed by atoms with Gasteiger partial charge in [0.05, 0.1) is 12.8 Å². The monoisotopic (exact) mass is 891 g/mol. The van der Waals surface area contributed by atoms with Crippen LogP contribution in [0.2, 0.25) is 0 Å². The van der Waals surface area contributed by atoms with Crippen molar-refractivity contribution in [2.75, 3.05) is 56.6 Å². The minimum Gasteiger partial charge on any atom is -0.494 e. The lowest BCUT2D eigenvalue weighted by molar-refractivity contribution is -0.129. The fraction of sp³-hybridized carbons (Fsp3) is 0.717. The second-order valence-corrected chi connectivity index (χ2v) is 21.6. The van der Waals surface area contributed by atoms with E-state index in [1.165, 1.54) is 103 Å². The number of unbranched alkanes of at least 4 members (excludes halogenated alkanes) is 9. The molecule has 6 saturated carbocycles. The number of rotatable bonds is 22. The van der Waals surface area contributed by atoms with Gasteiger partial charge in [-0.25, -0.2) is 4.98 Å². The molecule has 3 aromatic rings. The molecule has 354 valence electrons. The number of hydrogen-bond acceptors (Lipinski definition) is 9. The first kappa shape index (κ1) is 45.9. The molecule has 12 nitrogen and oxygen atoms in total. The third kappa shape index (κ3) is 11.7. The summed E-state index contributed by atoms with van der Waals surface area (Å²) in [6, 6.07) is 7.99. The van der Waals surface area contributed by atoms with Crippen LogP contribution in [0.5, 0.6) is 5.75 Å². The maximum absolute atomic E-state index is 13.6. The number of ether oxygens (including phenoxy) is 1. The van der Waals surface area contributed by atoms with Crippen molar-refractivity contribution in [3.63, 3.8) is 0 Å². The molecule has 4 bridgehead atoms. The van der Waals surface area contributed by atoms with Crippen LogP contribution in [0, 0.1) is 36.0 Å². The van der Waals surface area contributed by atoms with Crippen LogP contribution in [0.25, 0.3) is 11.0 Å². The summed E-state index contributed by atoms with van der Waals surface area (Å²) in [6.45, 7) is 8.08. The third-order valence-electron chi connectivity index (χ3n) is 16.4. The average Bonchev–Trinajstić information content (AvgIpc) is 4.14. The summed E-state index contributed by atoms with van der Waals surface area (Å²) >= 11 is 0. The molecule has 2 aromatic heterocycles. The molecule has 2 amide bonds. The minimum atomic E-state index is -0.0649. The van der Waals surface area contributed by atoms with Gasteiger partial charge in [0.2, 0.25) is 17.8 Å². The zero-order valence-electron chi connectivity index (χ0n) is 39.7. The Morgan fingerprint density at radius 2 is 1.49 bits per heavy atom. The summed E-state index contributed by atoms with van der Waals surface area (Å²) in [5.41, 5.74) is 3.69. The van der Waals surface area contributed by atoms with Crippen LogP contribution in [0.1, 0.15) is 159 Å². The Kier molecular flexibility index (Phi) is 15.0. The van der Waals surface area contributed by atoms with Gasteiger partial charge in [-0.05, 0) is 144 Å². The molecule has 65 heavy (non-hydrogen) atoms. The van der Waals surface area contributed by atoms with E-state index in [1.54, 1.807) is 13.2 Å². The molecule has 3 heterocycles. The van der Waals surface area contributed by atoms with E-state index in [4.69, 9.17) is 9.72 Å². The standard InChI is InChI=1S/C53H78N8O4/c1-37-26-49(63)61(44-15-13-14-42(30-44)56-51(64)41-16-17-41)50-45(37)36-55-52(58-50)57-46-19-18-43(31-47(46)65-2)60-24-22-59(23-25-60)21-12-10-8-6-4-3-5-7-9-11-20-54-48(62)35-53-32-38-27-39(33-53)29-40(28-38)34-53/h18-19,26,31,36,38-42,44H,3-17,20-25,27-30,32-35H2,1-2H3,(H,54,62)(H,56,64)(H,55,57,58)/t38?,39?,40?,42-,44+,53?/m1/s1. The molecule has 1 aliphatic heterocycles. The van der Waals surface area contributed by atoms with Gasteiger partial charge in [-0.2, -0.15) is 4.98 Å². The van der Waals surface area contributed by atoms with Crippen LogP contribution in [-0.2, 0) is 9.59 Å². The molecule has 10 rings (SSSR count). The predicted octanol–water partition coefficient (Wildman–Crippen LogP) is 9.61. The van der Waals surface area contributed by atoms with Gasteiger partial charge in [0.25, 0.3) is 5.56 Å². The highest BCUT2D eigenvalue weighted by Gasteiger charge is 2.51. The van der Waals surface area contributed by atoms with Crippen molar-refractivity contribution in [1.82, 2.24) is 30.1 Å². The first-order valence-corrected chi connectivity index (χ1v) is 26.1. The molecule has 7 fully saturated rings. The number of anilines is 3. The number of benzene rings is 1. The molecule has 2 atom stereocenters. The van der Waals surface area contributed by atoms with Crippen molar-refractivity contribution in [2.45, 2.75) is 167 Å². The topological polar surface area (TPSA) is 134 Å². The highest BCUT2D eigenvalue weighted by Crippen LogP contribution is 2.61. The summed E-state index contributed by atoms with van der Waals surface area (Å²) in [5.74, 6) is 4.56. The average molecular weight is 891 g/mol. The molecule has 1 aromatic carbocycles. The van der Waals surface area contributed by atoms with Crippen molar-refractivity contribution >= 4 is 40.2 Å². The van der Waals surface area contributed by atoms with Crippen LogP contribution in [0.15, 0.2) is 35.3 Å². The van der Waals surface area contributed by atoms with Crippen LogP contribution in [-0.4, -0.2) is 83.7 Å². The van der Waals surface area contributed by atoms with E-state index in [1.807, 2.05) is 23.8 Å². The van der Waals surface area contributed by atoms with E-state index in [-0.39, 0.29) is 29.5 Å². The third-order valence-corrected chi connectivity index (χ3v) is 16.4. The molecule has 0 unspecified atom stereocenters. The van der Waals surface area contributed by atoms with E-state index in [2.05, 4.69) is 42.9 Å². The fourth-order valence-electron chi connectivity index (χ4n) is 13.2. The fourth-order valence-corrected chi connectivity index (χ4v) is 13.2. The van der Waals surface area contributed by atoms with Crippen LogP contribution in [0.3, 0.4) is 0 Å². The number of aryl methyl sites for hydroxylation is 1. The number of amides is 2. The minimum absolute atomic E-state index is 0.0454. The number of pyridine rings is 1. The number of carbonyl (C=O) groups is 2. The van der Waals surface area contributed by atoms with Crippen molar-refractivity contribution in [2.24, 2.45) is 29.1 Å². The van der Waals surface area contributed by atoms with Crippen LogP contribution >= 0.6 is 0 Å². The van der Waals surface area contributed by atoms with Crippen LogP contribution in [0.4, 0.5) is 17.3 Å². The molecular weight excluding hydrogens is 813 g/mol. The number of hydrogen-bond donors (Lipinski definition) is 3. The molecular formula is C53H78N8O4.